The van der Waals surface area contributed by atoms with Gasteiger partial charge >= 0.3 is 5.97 Å². The minimum absolute atomic E-state index is 0.122. The Morgan fingerprint density at radius 1 is 0.300 bits per heavy atom. The van der Waals surface area contributed by atoms with E-state index in [1.807, 2.05) is 0 Å². The summed E-state index contributed by atoms with van der Waals surface area (Å²) in [6, 6.07) is 0. The molecule has 2 nitrogen and oxygen atoms in total. The van der Waals surface area contributed by atoms with Crippen molar-refractivity contribution < 1.29 is 9.53 Å². The average Bonchev–Trinajstić information content (AvgIpc) is 3.12. The van der Waals surface area contributed by atoms with Crippen molar-refractivity contribution in [3.8, 4) is 0 Å². The van der Waals surface area contributed by atoms with Gasteiger partial charge < -0.3 is 4.74 Å². The van der Waals surface area contributed by atoms with Crippen LogP contribution in [0.4, 0.5) is 0 Å². The van der Waals surface area contributed by atoms with Crippen LogP contribution in [0.3, 0.4) is 0 Å². The highest BCUT2D eigenvalue weighted by Gasteiger charge is 2.19. The Morgan fingerprint density at radius 3 is 0.740 bits per heavy atom. The highest BCUT2D eigenvalue weighted by atomic mass is 16.5. The van der Waals surface area contributed by atoms with Gasteiger partial charge in [0.1, 0.15) is 0 Å². The van der Waals surface area contributed by atoms with Gasteiger partial charge in [0.2, 0.25) is 0 Å². The van der Waals surface area contributed by atoms with Crippen molar-refractivity contribution in [2.45, 2.75) is 290 Å². The van der Waals surface area contributed by atoms with Crippen LogP contribution in [0, 0.1) is 5.92 Å². The molecule has 0 radical (unpaired) electrons. The first-order valence-electron chi connectivity index (χ1n) is 23.9. The molecule has 0 amide bonds. The first-order valence-corrected chi connectivity index (χ1v) is 23.9. The molecule has 0 aromatic rings. The third-order valence-electron chi connectivity index (χ3n) is 11.4. The predicted molar refractivity (Wildman–Crippen MR) is 225 cm³/mol. The fraction of sp³-hybridized carbons (Fsp3) is 0.979. The Morgan fingerprint density at radius 2 is 0.500 bits per heavy atom. The highest BCUT2D eigenvalue weighted by Crippen LogP contribution is 2.22. The van der Waals surface area contributed by atoms with Crippen molar-refractivity contribution in [2.24, 2.45) is 5.92 Å². The van der Waals surface area contributed by atoms with Gasteiger partial charge in [-0.2, -0.15) is 0 Å². The molecule has 0 saturated carbocycles. The summed E-state index contributed by atoms with van der Waals surface area (Å²) in [5, 5.41) is 0. The van der Waals surface area contributed by atoms with Gasteiger partial charge in [0.15, 0.2) is 0 Å². The second kappa shape index (κ2) is 44.6. The lowest BCUT2D eigenvalue weighted by atomic mass is 9.94. The van der Waals surface area contributed by atoms with Crippen LogP contribution in [0.25, 0.3) is 0 Å². The van der Waals surface area contributed by atoms with Crippen molar-refractivity contribution >= 4 is 5.97 Å². The van der Waals surface area contributed by atoms with E-state index in [0.29, 0.717) is 6.61 Å². The first-order chi connectivity index (χ1) is 24.8. The Hall–Kier alpha value is -0.530. The molecule has 0 rings (SSSR count). The van der Waals surface area contributed by atoms with Gasteiger partial charge in [-0.1, -0.05) is 271 Å². The smallest absolute Gasteiger partial charge is 0.308 e. The van der Waals surface area contributed by atoms with Crippen LogP contribution in [0.15, 0.2) is 0 Å². The zero-order chi connectivity index (χ0) is 36.3. The molecule has 50 heavy (non-hydrogen) atoms. The van der Waals surface area contributed by atoms with Crippen molar-refractivity contribution in [1.29, 1.82) is 0 Å². The zero-order valence-corrected chi connectivity index (χ0v) is 35.3. The van der Waals surface area contributed by atoms with Crippen LogP contribution < -0.4 is 0 Å². The number of esters is 1. The third-order valence-corrected chi connectivity index (χ3v) is 11.4. The molecule has 0 spiro atoms. The lowest BCUT2D eigenvalue weighted by molar-refractivity contribution is -0.149. The fourth-order valence-electron chi connectivity index (χ4n) is 7.78. The summed E-state index contributed by atoms with van der Waals surface area (Å²) in [6.07, 6.45) is 57.2. The summed E-state index contributed by atoms with van der Waals surface area (Å²) < 4.78 is 5.89. The van der Waals surface area contributed by atoms with Crippen LogP contribution >= 0.6 is 0 Å². The summed E-state index contributed by atoms with van der Waals surface area (Å²) >= 11 is 0. The fourth-order valence-corrected chi connectivity index (χ4v) is 7.78. The number of hydrogen-bond donors (Lipinski definition) is 0. The van der Waals surface area contributed by atoms with Crippen molar-refractivity contribution in [3.05, 3.63) is 0 Å². The Bertz CT molecular complexity index is 615. The van der Waals surface area contributed by atoms with E-state index in [2.05, 4.69) is 20.8 Å². The topological polar surface area (TPSA) is 26.3 Å². The van der Waals surface area contributed by atoms with E-state index in [9.17, 15) is 4.79 Å². The second-order valence-electron chi connectivity index (χ2n) is 16.5. The first kappa shape index (κ1) is 49.5. The molecule has 0 bridgehead atoms. The molecule has 0 aromatic carbocycles. The predicted octanol–water partition coefficient (Wildman–Crippen LogP) is 17.6. The summed E-state index contributed by atoms with van der Waals surface area (Å²) in [5.74, 6) is 0.263. The molecule has 300 valence electrons. The summed E-state index contributed by atoms with van der Waals surface area (Å²) in [7, 11) is 0. The number of unbranched alkanes of at least 4 members (excludes halogenated alkanes) is 37. The van der Waals surface area contributed by atoms with E-state index in [1.54, 1.807) is 0 Å². The molecule has 0 aliphatic rings. The van der Waals surface area contributed by atoms with E-state index < -0.39 is 0 Å². The third kappa shape index (κ3) is 40.2. The van der Waals surface area contributed by atoms with Crippen LogP contribution in [0.2, 0.25) is 0 Å². The number of rotatable bonds is 44. The normalized spacial score (nSPS) is 12.1. The van der Waals surface area contributed by atoms with Crippen molar-refractivity contribution in [2.75, 3.05) is 6.61 Å². The molecule has 0 fully saturated rings. The molecule has 0 aliphatic heterocycles. The standard InChI is InChI=1S/C48H96O2/c1-4-7-10-13-16-19-22-25-26-27-28-30-33-36-39-42-45-47(44-41-38-35-32-29-23-20-17-14-11-8-5-2)48(49)50-46-43-40-37-34-31-24-21-18-15-12-9-6-3/h47H,4-46H2,1-3H3. The molecule has 0 saturated heterocycles. The van der Waals surface area contributed by atoms with Gasteiger partial charge in [0.05, 0.1) is 12.5 Å². The van der Waals surface area contributed by atoms with Gasteiger partial charge in [-0.05, 0) is 19.3 Å². The van der Waals surface area contributed by atoms with Crippen LogP contribution in [0.5, 0.6) is 0 Å². The summed E-state index contributed by atoms with van der Waals surface area (Å²) in [6.45, 7) is 7.54. The van der Waals surface area contributed by atoms with Gasteiger partial charge in [-0.25, -0.2) is 0 Å². The minimum Gasteiger partial charge on any atom is -0.465 e. The maximum atomic E-state index is 13.1. The van der Waals surface area contributed by atoms with Crippen molar-refractivity contribution in [3.63, 3.8) is 0 Å². The number of hydrogen-bond acceptors (Lipinski definition) is 2. The zero-order valence-electron chi connectivity index (χ0n) is 35.3. The van der Waals surface area contributed by atoms with E-state index in [1.165, 1.54) is 250 Å². The van der Waals surface area contributed by atoms with Crippen LogP contribution in [-0.2, 0) is 9.53 Å². The van der Waals surface area contributed by atoms with Gasteiger partial charge in [0.25, 0.3) is 0 Å². The maximum absolute atomic E-state index is 13.1. The Balaban J connectivity index is 4.05. The lowest BCUT2D eigenvalue weighted by Gasteiger charge is -2.16. The molecular weight excluding hydrogens is 609 g/mol. The molecule has 0 aliphatic carbocycles. The molecule has 0 N–H and O–H groups in total. The second-order valence-corrected chi connectivity index (χ2v) is 16.5. The maximum Gasteiger partial charge on any atom is 0.308 e. The lowest BCUT2D eigenvalue weighted by Crippen LogP contribution is -2.18. The van der Waals surface area contributed by atoms with Gasteiger partial charge in [-0.15, -0.1) is 0 Å². The van der Waals surface area contributed by atoms with Crippen molar-refractivity contribution in [1.82, 2.24) is 0 Å². The number of ether oxygens (including phenoxy) is 1. The average molecular weight is 705 g/mol. The Kier molecular flexibility index (Phi) is 44.2. The number of carbonyl (C=O) groups excluding carboxylic acids is 1. The van der Waals surface area contributed by atoms with E-state index >= 15 is 0 Å². The molecular formula is C48H96O2. The number of carbonyl (C=O) groups is 1. The SMILES string of the molecule is CCCCCCCCCCCCCCCCCCC(CCCCCCCCCCCCCC)C(=O)OCCCCCCCCCCCCCC. The largest absolute Gasteiger partial charge is 0.465 e. The highest BCUT2D eigenvalue weighted by molar-refractivity contribution is 5.72. The monoisotopic (exact) mass is 705 g/mol. The minimum atomic E-state index is 0.122. The van der Waals surface area contributed by atoms with Gasteiger partial charge in [-0.3, -0.25) is 4.79 Å². The summed E-state index contributed by atoms with van der Waals surface area (Å²) in [4.78, 5) is 13.1. The molecule has 1 atom stereocenters. The van der Waals surface area contributed by atoms with Crippen LogP contribution in [-0.4, -0.2) is 12.6 Å². The quantitative estimate of drug-likeness (QED) is 0.0466. The summed E-state index contributed by atoms with van der Waals surface area (Å²) in [5.41, 5.74) is 0. The van der Waals surface area contributed by atoms with E-state index in [4.69, 9.17) is 4.74 Å². The molecule has 2 heteroatoms. The molecule has 0 aromatic heterocycles. The van der Waals surface area contributed by atoms with Gasteiger partial charge in [0, 0.05) is 0 Å². The van der Waals surface area contributed by atoms with E-state index in [-0.39, 0.29) is 11.9 Å². The Labute approximate surface area is 317 Å². The molecule has 0 heterocycles. The van der Waals surface area contributed by atoms with Crippen LogP contribution in [0.1, 0.15) is 290 Å². The van der Waals surface area contributed by atoms with E-state index in [0.717, 1.165) is 19.3 Å². The molecule has 1 unspecified atom stereocenters.